The first kappa shape index (κ1) is 18.5. The molecule has 0 bridgehead atoms. The van der Waals surface area contributed by atoms with Gasteiger partial charge in [-0.15, -0.1) is 0 Å². The second-order valence-electron chi connectivity index (χ2n) is 5.39. The highest BCUT2D eigenvalue weighted by molar-refractivity contribution is 6.41. The van der Waals surface area contributed by atoms with Crippen LogP contribution in [0.1, 0.15) is 30.3 Å². The van der Waals surface area contributed by atoms with Crippen LogP contribution in [0.3, 0.4) is 0 Å². The number of rotatable bonds is 7. The molecule has 1 amide bonds. The summed E-state index contributed by atoms with van der Waals surface area (Å²) in [4.78, 5) is 11.8. The third-order valence-corrected chi connectivity index (χ3v) is 4.63. The third-order valence-electron chi connectivity index (χ3n) is 3.70. The molecule has 0 fully saturated rings. The van der Waals surface area contributed by atoms with Crippen LogP contribution in [0, 0.1) is 13.8 Å². The van der Waals surface area contributed by atoms with E-state index in [4.69, 9.17) is 23.2 Å². The molecule has 2 aromatic rings. The van der Waals surface area contributed by atoms with Crippen molar-refractivity contribution >= 4 is 35.2 Å². The fraction of sp³-hybridized carbons (Fsp3) is 0.438. The van der Waals surface area contributed by atoms with Gasteiger partial charge >= 0.3 is 0 Å². The monoisotopic (exact) mass is 369 g/mol. The standard InChI is InChI=1S/C16H21Cl2N5O/c1-4-22-12(3)13(10-20-22)6-7-14(24)19-8-5-9-23-16(18)15(17)11(2)21-23/h6-7,10H,4-5,8-9H2,1-3H3,(H,19,24)/b7-6+. The summed E-state index contributed by atoms with van der Waals surface area (Å²) in [6, 6.07) is 0. The SMILES string of the molecule is CCn1ncc(/C=C/C(=O)NCCCn2nc(C)c(Cl)c2Cl)c1C. The molecule has 0 aromatic carbocycles. The normalized spacial score (nSPS) is 11.4. The Hall–Kier alpha value is -1.79. The molecule has 2 heterocycles. The maximum atomic E-state index is 11.8. The van der Waals surface area contributed by atoms with Crippen LogP contribution in [0.2, 0.25) is 10.2 Å². The predicted molar refractivity (Wildman–Crippen MR) is 96.3 cm³/mol. The van der Waals surface area contributed by atoms with E-state index in [-0.39, 0.29) is 5.91 Å². The summed E-state index contributed by atoms with van der Waals surface area (Å²) in [7, 11) is 0. The summed E-state index contributed by atoms with van der Waals surface area (Å²) < 4.78 is 3.53. The van der Waals surface area contributed by atoms with Gasteiger partial charge in [0.1, 0.15) is 10.2 Å². The van der Waals surface area contributed by atoms with Crippen LogP contribution in [0.5, 0.6) is 0 Å². The lowest BCUT2D eigenvalue weighted by Gasteiger charge is -2.04. The number of hydrogen-bond donors (Lipinski definition) is 1. The van der Waals surface area contributed by atoms with Crippen molar-refractivity contribution in [3.05, 3.63) is 39.4 Å². The molecule has 2 rings (SSSR count). The van der Waals surface area contributed by atoms with Crippen molar-refractivity contribution in [1.82, 2.24) is 24.9 Å². The van der Waals surface area contributed by atoms with Gasteiger partial charge in [0.25, 0.3) is 0 Å². The van der Waals surface area contributed by atoms with Crippen molar-refractivity contribution in [2.45, 2.75) is 40.3 Å². The lowest BCUT2D eigenvalue weighted by atomic mass is 10.2. The van der Waals surface area contributed by atoms with Crippen molar-refractivity contribution in [1.29, 1.82) is 0 Å². The quantitative estimate of drug-likeness (QED) is 0.601. The Morgan fingerprint density at radius 1 is 1.33 bits per heavy atom. The van der Waals surface area contributed by atoms with Gasteiger partial charge < -0.3 is 5.32 Å². The van der Waals surface area contributed by atoms with Gasteiger partial charge in [-0.3, -0.25) is 14.2 Å². The molecule has 1 N–H and O–H groups in total. The van der Waals surface area contributed by atoms with Crippen LogP contribution >= 0.6 is 23.2 Å². The first-order valence-electron chi connectivity index (χ1n) is 7.80. The van der Waals surface area contributed by atoms with Crippen LogP contribution in [0.15, 0.2) is 12.3 Å². The number of amides is 1. The molecule has 0 spiro atoms. The van der Waals surface area contributed by atoms with Gasteiger partial charge in [0.2, 0.25) is 5.91 Å². The number of nitrogens with zero attached hydrogens (tertiary/aromatic N) is 4. The smallest absolute Gasteiger partial charge is 0.244 e. The van der Waals surface area contributed by atoms with Crippen LogP contribution in [-0.4, -0.2) is 32.0 Å². The highest BCUT2D eigenvalue weighted by atomic mass is 35.5. The van der Waals surface area contributed by atoms with Gasteiger partial charge in [-0.05, 0) is 33.3 Å². The van der Waals surface area contributed by atoms with E-state index in [0.29, 0.717) is 35.4 Å². The average molecular weight is 370 g/mol. The molecule has 0 unspecified atom stereocenters. The maximum Gasteiger partial charge on any atom is 0.244 e. The Labute approximate surface area is 151 Å². The predicted octanol–water partition coefficient (Wildman–Crippen LogP) is 3.24. The number of nitrogens with one attached hydrogen (secondary N) is 1. The Balaban J connectivity index is 1.78. The summed E-state index contributed by atoms with van der Waals surface area (Å²) in [5.41, 5.74) is 2.69. The maximum absolute atomic E-state index is 11.8. The van der Waals surface area contributed by atoms with Gasteiger partial charge in [-0.2, -0.15) is 10.2 Å². The first-order chi connectivity index (χ1) is 11.4. The first-order valence-corrected chi connectivity index (χ1v) is 8.56. The highest BCUT2D eigenvalue weighted by Crippen LogP contribution is 2.24. The Morgan fingerprint density at radius 2 is 2.08 bits per heavy atom. The van der Waals surface area contributed by atoms with E-state index in [1.54, 1.807) is 23.9 Å². The lowest BCUT2D eigenvalue weighted by molar-refractivity contribution is -0.116. The number of hydrogen-bond acceptors (Lipinski definition) is 3. The Bertz CT molecular complexity index is 748. The molecule has 0 saturated carbocycles. The fourth-order valence-corrected chi connectivity index (χ4v) is 2.68. The van der Waals surface area contributed by atoms with E-state index in [1.807, 2.05) is 18.5 Å². The summed E-state index contributed by atoms with van der Waals surface area (Å²) in [5.74, 6) is -0.139. The second-order valence-corrected chi connectivity index (χ2v) is 6.13. The van der Waals surface area contributed by atoms with Crippen LogP contribution in [0.4, 0.5) is 0 Å². The number of carbonyl (C=O) groups is 1. The van der Waals surface area contributed by atoms with Gasteiger partial charge in [-0.25, -0.2) is 0 Å². The summed E-state index contributed by atoms with van der Waals surface area (Å²) in [6.07, 6.45) is 5.77. The number of halogens is 2. The molecule has 130 valence electrons. The van der Waals surface area contributed by atoms with Gasteiger partial charge in [0.05, 0.1) is 11.9 Å². The van der Waals surface area contributed by atoms with Gasteiger partial charge in [0.15, 0.2) is 0 Å². The molecule has 0 aliphatic rings. The van der Waals surface area contributed by atoms with Crippen molar-refractivity contribution in [3.8, 4) is 0 Å². The lowest BCUT2D eigenvalue weighted by Crippen LogP contribution is -2.23. The van der Waals surface area contributed by atoms with Crippen LogP contribution in [-0.2, 0) is 17.9 Å². The van der Waals surface area contributed by atoms with E-state index in [9.17, 15) is 4.79 Å². The third kappa shape index (κ3) is 4.39. The zero-order valence-corrected chi connectivity index (χ0v) is 15.5. The molecule has 8 heteroatoms. The highest BCUT2D eigenvalue weighted by Gasteiger charge is 2.10. The second kappa shape index (κ2) is 8.35. The molecule has 6 nitrogen and oxygen atoms in total. The molecule has 0 saturated heterocycles. The van der Waals surface area contributed by atoms with E-state index in [0.717, 1.165) is 17.8 Å². The fourth-order valence-electron chi connectivity index (χ4n) is 2.29. The molecule has 0 aliphatic carbocycles. The molecule has 0 atom stereocenters. The van der Waals surface area contributed by atoms with Crippen molar-refractivity contribution in [3.63, 3.8) is 0 Å². The minimum absolute atomic E-state index is 0.139. The van der Waals surface area contributed by atoms with Gasteiger partial charge in [0, 0.05) is 37.0 Å². The molecule has 2 aromatic heterocycles. The largest absolute Gasteiger partial charge is 0.352 e. The van der Waals surface area contributed by atoms with E-state index >= 15 is 0 Å². The van der Waals surface area contributed by atoms with E-state index in [2.05, 4.69) is 15.5 Å². The van der Waals surface area contributed by atoms with Crippen molar-refractivity contribution in [2.24, 2.45) is 0 Å². The molecule has 24 heavy (non-hydrogen) atoms. The minimum atomic E-state index is -0.139. The zero-order valence-electron chi connectivity index (χ0n) is 14.0. The topological polar surface area (TPSA) is 64.7 Å². The van der Waals surface area contributed by atoms with Crippen LogP contribution in [0.25, 0.3) is 6.08 Å². The van der Waals surface area contributed by atoms with Crippen LogP contribution < -0.4 is 5.32 Å². The summed E-state index contributed by atoms with van der Waals surface area (Å²) >= 11 is 12.0. The Kier molecular flexibility index (Phi) is 6.45. The van der Waals surface area contributed by atoms with E-state index < -0.39 is 0 Å². The van der Waals surface area contributed by atoms with Crippen molar-refractivity contribution in [2.75, 3.05) is 6.54 Å². The number of aromatic nitrogens is 4. The molecule has 0 aliphatic heterocycles. The summed E-state index contributed by atoms with van der Waals surface area (Å²) in [5, 5.41) is 12.2. The zero-order chi connectivity index (χ0) is 17.7. The average Bonchev–Trinajstić information content (AvgIpc) is 3.04. The molecular formula is C16H21Cl2N5O. The number of aryl methyl sites for hydroxylation is 3. The van der Waals surface area contributed by atoms with E-state index in [1.165, 1.54) is 6.08 Å². The number of carbonyl (C=O) groups excluding carboxylic acids is 1. The summed E-state index contributed by atoms with van der Waals surface area (Å²) in [6.45, 7) is 7.75. The van der Waals surface area contributed by atoms with Crippen molar-refractivity contribution < 1.29 is 4.79 Å². The minimum Gasteiger partial charge on any atom is -0.352 e. The van der Waals surface area contributed by atoms with Gasteiger partial charge in [-0.1, -0.05) is 23.2 Å². The molecule has 0 radical (unpaired) electrons. The molecular weight excluding hydrogens is 349 g/mol. The Morgan fingerprint density at radius 3 is 2.67 bits per heavy atom.